The molecule has 0 fully saturated rings. The fraction of sp³-hybridized carbons (Fsp3) is 0.0299. The van der Waals surface area contributed by atoms with Crippen molar-refractivity contribution in [2.75, 3.05) is 0 Å². The van der Waals surface area contributed by atoms with E-state index in [1.807, 2.05) is 109 Å². The summed E-state index contributed by atoms with van der Waals surface area (Å²) < 4.78 is 1.52. The summed E-state index contributed by atoms with van der Waals surface area (Å²) in [5.41, 5.74) is 2.46. The Morgan fingerprint density at radius 1 is 0.347 bits per heavy atom. The molecule has 9 aromatic carbocycles. The molecular formula is C67H45Cl6N6O18P. The van der Waals surface area contributed by atoms with Crippen molar-refractivity contribution in [3.63, 3.8) is 0 Å². The summed E-state index contributed by atoms with van der Waals surface area (Å²) in [6, 6.07) is 55.5. The minimum atomic E-state index is -3.69. The van der Waals surface area contributed by atoms with Gasteiger partial charge in [-0.15, -0.1) is 0 Å². The number of aromatic hydroxyl groups is 1. The number of aromatic carboxylic acids is 1. The molecule has 498 valence electrons. The molecule has 0 atom stereocenters. The summed E-state index contributed by atoms with van der Waals surface area (Å²) in [6.45, 7) is 0. The van der Waals surface area contributed by atoms with Gasteiger partial charge < -0.3 is 14.9 Å². The van der Waals surface area contributed by atoms with Gasteiger partial charge in [0.15, 0.2) is 0 Å². The fourth-order valence-electron chi connectivity index (χ4n) is 6.98. The number of nitrogens with zero attached hydrogens (tertiary/aromatic N) is 6. The van der Waals surface area contributed by atoms with Gasteiger partial charge in [-0.3, -0.25) is 65.5 Å². The van der Waals surface area contributed by atoms with Crippen LogP contribution < -0.4 is 4.74 Å². The molecule has 2 N–H and O–H groups in total. The van der Waals surface area contributed by atoms with Gasteiger partial charge in [0.05, 0.1) is 58.9 Å². The third-order valence-electron chi connectivity index (χ3n) is 11.3. The number of nitro benzene ring substituents is 6. The number of rotatable bonds is 10. The molecular weight excluding hydrogens is 1420 g/mol. The van der Waals surface area contributed by atoms with Crippen molar-refractivity contribution in [2.45, 2.75) is 14.9 Å². The van der Waals surface area contributed by atoms with Gasteiger partial charge in [-0.2, -0.15) is 0 Å². The summed E-state index contributed by atoms with van der Waals surface area (Å²) in [7, 11) is 0. The van der Waals surface area contributed by atoms with Crippen molar-refractivity contribution in [1.82, 2.24) is 0 Å². The van der Waals surface area contributed by atoms with Crippen LogP contribution in [-0.4, -0.2) is 56.9 Å². The Morgan fingerprint density at radius 2 is 0.561 bits per heavy atom. The first-order chi connectivity index (χ1) is 45.2. The van der Waals surface area contributed by atoms with E-state index in [0.29, 0.717) is 11.6 Å². The van der Waals surface area contributed by atoms with Gasteiger partial charge in [-0.05, 0) is 133 Å². The molecule has 0 bridgehead atoms. The Kier molecular flexibility index (Phi) is 31.1. The van der Waals surface area contributed by atoms with Gasteiger partial charge in [-0.25, -0.2) is 9.59 Å². The molecule has 0 aromatic heterocycles. The van der Waals surface area contributed by atoms with Crippen molar-refractivity contribution in [3.8, 4) is 58.9 Å². The van der Waals surface area contributed by atoms with E-state index in [-0.39, 0.29) is 37.5 Å². The number of halogens is 6. The number of hydrogen-bond donors (Lipinski definition) is 2. The average molecular weight is 1470 g/mol. The maximum atomic E-state index is 12.4. The molecule has 9 rings (SSSR count). The van der Waals surface area contributed by atoms with Crippen LogP contribution in [0.25, 0.3) is 0 Å². The zero-order valence-corrected chi connectivity index (χ0v) is 53.5. The van der Waals surface area contributed by atoms with Gasteiger partial charge in [0.25, 0.3) is 39.4 Å². The van der Waals surface area contributed by atoms with Gasteiger partial charge in [0.1, 0.15) is 11.5 Å². The molecule has 0 spiro atoms. The number of nitro groups is 6. The van der Waals surface area contributed by atoms with Crippen LogP contribution in [0.5, 0.6) is 11.5 Å². The number of carbonyl (C=O) groups is 3. The van der Waals surface area contributed by atoms with Gasteiger partial charge in [0, 0.05) is 86.5 Å². The zero-order valence-electron chi connectivity index (χ0n) is 48.0. The predicted octanol–water partition coefficient (Wildman–Crippen LogP) is 18.4. The summed E-state index contributed by atoms with van der Waals surface area (Å²) in [5, 5.41) is 80.3. The first-order valence-electron chi connectivity index (χ1n) is 26.1. The number of phenolic OH excluding ortho intramolecular Hbond substituents is 1. The SMILES string of the molecule is C.C.ClP(Cl)(Cl)(Cl)Cl.O=C(Cl)c1cc([N+](=O)[O-])cc([N+](=O)[O-])c1.O=C(O)c1cc([N+](=O)[O-])cc([N+](=O)[O-])c1.O=C(Oc1ccc(C#Cc2ccc(C#Cc3ccccc3)cc2)cc1)c1cc([N+](=O)[O-])cc([N+](=O)[O-])c1.Oc1ccc(C#Cc2ccc(C#Cc3ccccc3)cc2)cc1. The largest absolute Gasteiger partial charge is 0.508 e. The Labute approximate surface area is 585 Å². The molecule has 0 saturated heterocycles. The van der Waals surface area contributed by atoms with Crippen molar-refractivity contribution >= 4 is 122 Å². The second kappa shape index (κ2) is 37.9. The Balaban J connectivity index is 0.000000351. The quantitative estimate of drug-likeness (QED) is 0.0244. The Morgan fingerprint density at radius 3 is 0.796 bits per heavy atom. The normalized spacial score (nSPS) is 9.96. The van der Waals surface area contributed by atoms with Crippen LogP contribution in [-0.2, 0) is 0 Å². The van der Waals surface area contributed by atoms with Crippen molar-refractivity contribution < 1.29 is 58.9 Å². The van der Waals surface area contributed by atoms with Crippen molar-refractivity contribution in [3.05, 3.63) is 334 Å². The third-order valence-corrected chi connectivity index (χ3v) is 11.6. The Bertz CT molecular complexity index is 4420. The van der Waals surface area contributed by atoms with E-state index in [2.05, 4.69) is 47.4 Å². The number of esters is 1. The van der Waals surface area contributed by atoms with Crippen LogP contribution in [0.4, 0.5) is 34.1 Å². The van der Waals surface area contributed by atoms with E-state index in [9.17, 15) is 80.2 Å². The maximum Gasteiger partial charge on any atom is 0.344 e. The maximum absolute atomic E-state index is 12.4. The molecule has 9 aromatic rings. The van der Waals surface area contributed by atoms with Crippen LogP contribution in [0.2, 0.25) is 0 Å². The number of ether oxygens (including phenoxy) is 1. The smallest absolute Gasteiger partial charge is 0.344 e. The molecule has 0 aliphatic heterocycles. The molecule has 0 amide bonds. The summed E-state index contributed by atoms with van der Waals surface area (Å²) >= 11 is 30.0. The van der Waals surface area contributed by atoms with Gasteiger partial charge in [0.2, 0.25) is 0 Å². The van der Waals surface area contributed by atoms with E-state index < -0.39 is 89.8 Å². The number of benzene rings is 9. The molecule has 31 heteroatoms. The molecule has 98 heavy (non-hydrogen) atoms. The number of non-ortho nitro benzene ring substituents is 6. The summed E-state index contributed by atoms with van der Waals surface area (Å²) in [6.07, 6.45) is 0. The van der Waals surface area contributed by atoms with E-state index in [1.54, 1.807) is 36.4 Å². The number of carboxylic acids is 1. The first-order valence-corrected chi connectivity index (χ1v) is 33.2. The fourth-order valence-corrected chi connectivity index (χ4v) is 7.09. The van der Waals surface area contributed by atoms with Gasteiger partial charge >= 0.3 is 71.5 Å². The molecule has 24 nitrogen and oxygen atoms in total. The second-order valence-electron chi connectivity index (χ2n) is 18.3. The predicted molar refractivity (Wildman–Crippen MR) is 375 cm³/mol. The molecule has 0 heterocycles. The monoisotopic (exact) mass is 1460 g/mol. The number of phenols is 1. The average Bonchev–Trinajstić information content (AvgIpc) is 0.848. The van der Waals surface area contributed by atoms with E-state index in [0.717, 1.165) is 87.5 Å². The van der Waals surface area contributed by atoms with Crippen molar-refractivity contribution in [2.24, 2.45) is 0 Å². The minimum Gasteiger partial charge on any atom is -0.508 e. The molecule has 0 aliphatic rings. The zero-order chi connectivity index (χ0) is 70.7. The van der Waals surface area contributed by atoms with Crippen LogP contribution in [0.15, 0.2) is 212 Å². The van der Waals surface area contributed by atoms with Crippen LogP contribution in [0.1, 0.15) is 90.4 Å². The first kappa shape index (κ1) is 80.4. The molecule has 0 radical (unpaired) electrons. The molecule has 0 saturated carbocycles. The van der Waals surface area contributed by atoms with Crippen LogP contribution >= 0.6 is 71.2 Å². The van der Waals surface area contributed by atoms with Gasteiger partial charge in [-0.1, -0.05) is 98.6 Å². The number of hydrogen-bond acceptors (Lipinski definition) is 17. The van der Waals surface area contributed by atoms with Crippen LogP contribution in [0.3, 0.4) is 0 Å². The second-order valence-corrected chi connectivity index (χ2v) is 35.3. The number of carboxylic acid groups (broad SMARTS) is 1. The number of carbonyl (C=O) groups excluding carboxylic acids is 2. The van der Waals surface area contributed by atoms with Crippen molar-refractivity contribution in [1.29, 1.82) is 0 Å². The molecule has 0 unspecified atom stereocenters. The minimum absolute atomic E-state index is 0. The van der Waals surface area contributed by atoms with E-state index >= 15 is 0 Å². The van der Waals surface area contributed by atoms with E-state index in [4.69, 9.17) is 77.6 Å². The van der Waals surface area contributed by atoms with Crippen LogP contribution in [0, 0.1) is 108 Å². The standard InChI is InChI=1S/C29H16N2O6.C22H14O.C7H3ClN2O5.C7H4N2O6.2CH4.Cl5P/c32-29(25-18-26(30(33)34)20-27(19-25)31(35)36)37-28-16-14-24(15-17-28)13-12-23-10-8-22(9-11-23)7-6-21-4-2-1-3-5-21;23-22-16-14-21(15-17-22)13-12-20-10-8-19(9-11-20)7-6-18-4-2-1-3-5-18;8-7(11)4-1-5(9(12)13)3-6(2-4)10(14)15;10-7(11)4-1-5(8(12)13)3-6(2-4)9(14)15;;;1-6(2,3,4)5/h1-5,8-11,14-20H;1-5,8-11,14-17,23H;1-3H;1-3H,(H,10,11);2*1H4;. The Hall–Kier alpha value is -11.8. The third kappa shape index (κ3) is 29.7. The summed E-state index contributed by atoms with van der Waals surface area (Å²) in [4.78, 5) is 92.0. The topological polar surface area (TPSA) is 360 Å². The van der Waals surface area contributed by atoms with E-state index in [1.165, 1.54) is 12.1 Å². The summed E-state index contributed by atoms with van der Waals surface area (Å²) in [5.74, 6) is 22.7. The molecule has 0 aliphatic carbocycles.